The van der Waals surface area contributed by atoms with E-state index in [-0.39, 0.29) is 0 Å². The van der Waals surface area contributed by atoms with E-state index in [1.807, 2.05) is 0 Å². The maximum atomic E-state index is 2.35. The molecule has 0 aliphatic heterocycles. The fraction of sp³-hybridized carbons (Fsp3) is 0.118. The molecule has 0 amide bonds. The highest BCUT2D eigenvalue weighted by Crippen LogP contribution is 2.43. The second-order valence-corrected chi connectivity index (χ2v) is 9.45. The van der Waals surface area contributed by atoms with Gasteiger partial charge < -0.3 is 4.90 Å². The molecule has 170 valence electrons. The maximum absolute atomic E-state index is 2.35. The molecule has 5 aromatic carbocycles. The molecule has 0 spiro atoms. The Bertz CT molecular complexity index is 1530. The average Bonchev–Trinajstić information content (AvgIpc) is 2.92. The molecule has 0 saturated heterocycles. The van der Waals surface area contributed by atoms with Crippen LogP contribution in [0.15, 0.2) is 121 Å². The lowest BCUT2D eigenvalue weighted by atomic mass is 9.83. The van der Waals surface area contributed by atoms with Crippen molar-refractivity contribution in [3.63, 3.8) is 0 Å². The first-order valence-corrected chi connectivity index (χ1v) is 12.4. The van der Waals surface area contributed by atoms with Gasteiger partial charge >= 0.3 is 0 Å². The van der Waals surface area contributed by atoms with Gasteiger partial charge in [-0.25, -0.2) is 0 Å². The molecule has 0 heterocycles. The van der Waals surface area contributed by atoms with Gasteiger partial charge in [0.15, 0.2) is 0 Å². The lowest BCUT2D eigenvalue weighted by molar-refractivity contribution is 0.908. The summed E-state index contributed by atoms with van der Waals surface area (Å²) < 4.78 is 0. The van der Waals surface area contributed by atoms with E-state index in [9.17, 15) is 0 Å². The monoisotopic (exact) mass is 451 g/mol. The van der Waals surface area contributed by atoms with Gasteiger partial charge in [-0.1, -0.05) is 103 Å². The predicted octanol–water partition coefficient (Wildman–Crippen LogP) is 9.17. The normalized spacial score (nSPS) is 13.5. The summed E-state index contributed by atoms with van der Waals surface area (Å²) in [5.41, 5.74) is 9.27. The Morgan fingerprint density at radius 3 is 1.63 bits per heavy atom. The van der Waals surface area contributed by atoms with E-state index in [0.29, 0.717) is 0 Å². The van der Waals surface area contributed by atoms with Gasteiger partial charge in [0.1, 0.15) is 0 Å². The highest BCUT2D eigenvalue weighted by atomic mass is 15.1. The van der Waals surface area contributed by atoms with E-state index in [1.54, 1.807) is 0 Å². The molecule has 35 heavy (non-hydrogen) atoms. The van der Waals surface area contributed by atoms with Gasteiger partial charge in [0, 0.05) is 18.4 Å². The van der Waals surface area contributed by atoms with Gasteiger partial charge in [-0.15, -0.1) is 0 Å². The molecule has 0 fully saturated rings. The van der Waals surface area contributed by atoms with Crippen LogP contribution in [-0.2, 0) is 0 Å². The minimum absolute atomic E-state index is 1.03. The van der Waals surface area contributed by atoms with Gasteiger partial charge in [-0.3, -0.25) is 0 Å². The summed E-state index contributed by atoms with van der Waals surface area (Å²) in [6, 6.07) is 37.4. The number of benzene rings is 5. The summed E-state index contributed by atoms with van der Waals surface area (Å²) in [5.74, 6) is 0. The Kier molecular flexibility index (Phi) is 5.47. The Balaban J connectivity index is 1.54. The van der Waals surface area contributed by atoms with Crippen molar-refractivity contribution in [2.24, 2.45) is 0 Å². The van der Waals surface area contributed by atoms with Crippen LogP contribution in [0.1, 0.15) is 24.0 Å². The Labute approximate surface area is 207 Å². The smallest absolute Gasteiger partial charge is 0.0405 e. The van der Waals surface area contributed by atoms with Crippen LogP contribution >= 0.6 is 0 Å². The number of nitrogens with zero attached hydrogens (tertiary/aromatic N) is 1. The van der Waals surface area contributed by atoms with Crippen molar-refractivity contribution in [2.45, 2.75) is 19.8 Å². The van der Waals surface area contributed by atoms with Crippen LogP contribution in [0, 0.1) is 6.92 Å². The van der Waals surface area contributed by atoms with Crippen molar-refractivity contribution in [1.82, 2.24) is 0 Å². The molecule has 1 nitrogen and oxygen atoms in total. The molecule has 1 aliphatic rings. The van der Waals surface area contributed by atoms with Crippen molar-refractivity contribution < 1.29 is 0 Å². The Hall–Kier alpha value is -4.10. The van der Waals surface area contributed by atoms with Crippen molar-refractivity contribution in [3.8, 4) is 11.1 Å². The summed E-state index contributed by atoms with van der Waals surface area (Å²) in [7, 11) is 2.17. The molecule has 0 bridgehead atoms. The number of anilines is 1. The first-order chi connectivity index (χ1) is 17.2. The lowest BCUT2D eigenvalue weighted by Gasteiger charge is -2.26. The van der Waals surface area contributed by atoms with E-state index in [2.05, 4.69) is 134 Å². The van der Waals surface area contributed by atoms with E-state index >= 15 is 0 Å². The molecule has 0 N–H and O–H groups in total. The molecule has 0 radical (unpaired) electrons. The van der Waals surface area contributed by atoms with Crippen LogP contribution in [0.25, 0.3) is 38.2 Å². The molecule has 0 saturated carbocycles. The number of hydrogen-bond donors (Lipinski definition) is 0. The van der Waals surface area contributed by atoms with Crippen molar-refractivity contribution in [2.75, 3.05) is 11.9 Å². The predicted molar refractivity (Wildman–Crippen MR) is 152 cm³/mol. The van der Waals surface area contributed by atoms with Gasteiger partial charge in [0.05, 0.1) is 0 Å². The largest absolute Gasteiger partial charge is 0.348 e. The van der Waals surface area contributed by atoms with E-state index < -0.39 is 0 Å². The van der Waals surface area contributed by atoms with E-state index in [1.165, 1.54) is 60.8 Å². The number of para-hydroxylation sites is 1. The summed E-state index contributed by atoms with van der Waals surface area (Å²) >= 11 is 0. The number of aryl methyl sites for hydroxylation is 1. The first kappa shape index (κ1) is 21.4. The zero-order chi connectivity index (χ0) is 23.8. The summed E-state index contributed by atoms with van der Waals surface area (Å²) in [6.07, 6.45) is 6.71. The zero-order valence-corrected chi connectivity index (χ0v) is 20.3. The minimum Gasteiger partial charge on any atom is -0.348 e. The topological polar surface area (TPSA) is 3.24 Å². The van der Waals surface area contributed by atoms with Crippen LogP contribution in [0.3, 0.4) is 0 Å². The second-order valence-electron chi connectivity index (χ2n) is 9.45. The molecule has 0 aromatic heterocycles. The number of rotatable bonds is 4. The first-order valence-electron chi connectivity index (χ1n) is 12.4. The zero-order valence-electron chi connectivity index (χ0n) is 20.3. The van der Waals surface area contributed by atoms with Gasteiger partial charge in [-0.05, 0) is 81.8 Å². The van der Waals surface area contributed by atoms with Crippen LogP contribution in [0.2, 0.25) is 0 Å². The van der Waals surface area contributed by atoms with Crippen molar-refractivity contribution >= 4 is 32.8 Å². The van der Waals surface area contributed by atoms with Gasteiger partial charge in [0.25, 0.3) is 0 Å². The third-order valence-electron chi connectivity index (χ3n) is 7.29. The highest BCUT2D eigenvalue weighted by Gasteiger charge is 2.19. The standard InChI is InChI=1S/C34H29N/c1-24-16-18-25(19-17-24)33-29-12-6-8-14-31(29)34(32-15-9-7-13-30(32)33)26-20-22-28(23-21-26)35(2)27-10-4-3-5-11-27/h3-20,22H,21,23H2,1-2H3. The van der Waals surface area contributed by atoms with Crippen LogP contribution < -0.4 is 4.90 Å². The lowest BCUT2D eigenvalue weighted by Crippen LogP contribution is -2.17. The van der Waals surface area contributed by atoms with E-state index in [4.69, 9.17) is 0 Å². The maximum Gasteiger partial charge on any atom is 0.0405 e. The molecular formula is C34H29N. The quantitative estimate of drug-likeness (QED) is 0.246. The SMILES string of the molecule is Cc1ccc(-c2c3ccccc3c(C3=CC=C(N(C)c4ccccc4)CC3)c3ccccc23)cc1. The number of allylic oxidation sites excluding steroid dienone is 4. The molecular weight excluding hydrogens is 422 g/mol. The average molecular weight is 452 g/mol. The highest BCUT2D eigenvalue weighted by molar-refractivity contribution is 6.18. The van der Waals surface area contributed by atoms with Gasteiger partial charge in [0.2, 0.25) is 0 Å². The Morgan fingerprint density at radius 2 is 1.09 bits per heavy atom. The Morgan fingerprint density at radius 1 is 0.543 bits per heavy atom. The molecule has 1 heteroatoms. The third kappa shape index (κ3) is 3.84. The fourth-order valence-electron chi connectivity index (χ4n) is 5.44. The minimum atomic E-state index is 1.03. The summed E-state index contributed by atoms with van der Waals surface area (Å²) in [6.45, 7) is 2.15. The summed E-state index contributed by atoms with van der Waals surface area (Å²) in [4.78, 5) is 2.31. The van der Waals surface area contributed by atoms with E-state index in [0.717, 1.165) is 12.8 Å². The molecule has 0 atom stereocenters. The van der Waals surface area contributed by atoms with Gasteiger partial charge in [-0.2, -0.15) is 0 Å². The second kappa shape index (κ2) is 8.92. The van der Waals surface area contributed by atoms with Crippen molar-refractivity contribution in [1.29, 1.82) is 0 Å². The van der Waals surface area contributed by atoms with Crippen LogP contribution in [-0.4, -0.2) is 7.05 Å². The third-order valence-corrected chi connectivity index (χ3v) is 7.29. The molecule has 6 rings (SSSR count). The van der Waals surface area contributed by atoms with Crippen LogP contribution in [0.5, 0.6) is 0 Å². The molecule has 1 aliphatic carbocycles. The molecule has 0 unspecified atom stereocenters. The fourth-order valence-corrected chi connectivity index (χ4v) is 5.44. The number of fused-ring (bicyclic) bond motifs is 2. The number of hydrogen-bond acceptors (Lipinski definition) is 1. The summed E-state index contributed by atoms with van der Waals surface area (Å²) in [5, 5.41) is 5.31. The van der Waals surface area contributed by atoms with Crippen LogP contribution in [0.4, 0.5) is 5.69 Å². The van der Waals surface area contributed by atoms with Crippen molar-refractivity contribution in [3.05, 3.63) is 132 Å². The molecule has 5 aromatic rings.